The van der Waals surface area contributed by atoms with E-state index in [1.165, 1.54) is 0 Å². The molecule has 3 amide bonds. The highest BCUT2D eigenvalue weighted by atomic mass is 16.6. The first-order chi connectivity index (χ1) is 18.1. The van der Waals surface area contributed by atoms with Crippen LogP contribution in [0.1, 0.15) is 50.8 Å². The van der Waals surface area contributed by atoms with Crippen molar-refractivity contribution in [2.75, 3.05) is 23.7 Å². The maximum absolute atomic E-state index is 12.8. The van der Waals surface area contributed by atoms with E-state index in [0.717, 1.165) is 11.3 Å². The standard InChI is InChI=1S/C28H32N6O4/c1-17-8-10-19(11-9-17)29-26(36)30-20-6-5-7-21-24(20)25-31-23(35)16-22(34(25)32-21)18-12-14-33(15-13-18)27(37)38-28(2,3)4/h5-11,16,18H,12-15H2,1-4H3,(H,31,35)(H2,29,30,36). The molecular weight excluding hydrogens is 484 g/mol. The van der Waals surface area contributed by atoms with Crippen molar-refractivity contribution in [1.82, 2.24) is 19.5 Å². The number of nitrogens with one attached hydrogen (secondary N) is 3. The molecule has 2 aromatic carbocycles. The number of rotatable bonds is 3. The number of hydrogen-bond donors (Lipinski definition) is 3. The minimum absolute atomic E-state index is 0.0362. The Hall–Kier alpha value is -4.34. The molecule has 10 nitrogen and oxygen atoms in total. The zero-order chi connectivity index (χ0) is 27.0. The average molecular weight is 517 g/mol. The number of likely N-dealkylation sites (tertiary alicyclic amines) is 1. The fourth-order valence-electron chi connectivity index (χ4n) is 4.79. The van der Waals surface area contributed by atoms with E-state index in [0.29, 0.717) is 53.9 Å². The summed E-state index contributed by atoms with van der Waals surface area (Å²) in [5.41, 5.74) is 3.45. The number of piperidine rings is 1. The van der Waals surface area contributed by atoms with Gasteiger partial charge in [-0.05, 0) is 64.8 Å². The number of hydrogen-bond acceptors (Lipinski definition) is 5. The third kappa shape index (κ3) is 5.34. The van der Waals surface area contributed by atoms with Gasteiger partial charge in [0.05, 0.1) is 22.3 Å². The Morgan fingerprint density at radius 3 is 2.45 bits per heavy atom. The highest BCUT2D eigenvalue weighted by Gasteiger charge is 2.29. The average Bonchev–Trinajstić information content (AvgIpc) is 3.23. The lowest BCUT2D eigenvalue weighted by atomic mass is 9.93. The Labute approximate surface area is 220 Å². The Morgan fingerprint density at radius 1 is 1.05 bits per heavy atom. The van der Waals surface area contributed by atoms with Crippen molar-refractivity contribution in [2.45, 2.75) is 52.1 Å². The van der Waals surface area contributed by atoms with E-state index >= 15 is 0 Å². The summed E-state index contributed by atoms with van der Waals surface area (Å²) in [6, 6.07) is 14.1. The van der Waals surface area contributed by atoms with Crippen molar-refractivity contribution in [2.24, 2.45) is 0 Å². The second kappa shape index (κ2) is 9.85. The maximum atomic E-state index is 12.8. The van der Waals surface area contributed by atoms with Gasteiger partial charge in [0.25, 0.3) is 5.56 Å². The van der Waals surface area contributed by atoms with Gasteiger partial charge in [-0.1, -0.05) is 23.8 Å². The van der Waals surface area contributed by atoms with Crippen LogP contribution in [0.3, 0.4) is 0 Å². The number of benzene rings is 2. The largest absolute Gasteiger partial charge is 0.444 e. The molecule has 10 heteroatoms. The van der Waals surface area contributed by atoms with E-state index in [-0.39, 0.29) is 17.6 Å². The Balaban J connectivity index is 1.41. The van der Waals surface area contributed by atoms with Gasteiger partial charge in [-0.3, -0.25) is 4.79 Å². The molecule has 0 radical (unpaired) electrons. The van der Waals surface area contributed by atoms with Gasteiger partial charge in [0.15, 0.2) is 0 Å². The summed E-state index contributed by atoms with van der Waals surface area (Å²) in [4.78, 5) is 42.6. The number of ether oxygens (including phenoxy) is 1. The monoisotopic (exact) mass is 516 g/mol. The Bertz CT molecular complexity index is 1560. The summed E-state index contributed by atoms with van der Waals surface area (Å²) in [6.07, 6.45) is 1.03. The second-order valence-electron chi connectivity index (χ2n) is 10.7. The topological polar surface area (TPSA) is 121 Å². The predicted molar refractivity (Wildman–Crippen MR) is 147 cm³/mol. The molecule has 5 rings (SSSR count). The molecule has 0 unspecified atom stereocenters. The van der Waals surface area contributed by atoms with Crippen LogP contribution in [0.2, 0.25) is 0 Å². The number of H-pyrrole nitrogens is 1. The molecule has 0 aliphatic carbocycles. The van der Waals surface area contributed by atoms with Crippen molar-refractivity contribution < 1.29 is 14.3 Å². The molecule has 3 N–H and O–H groups in total. The van der Waals surface area contributed by atoms with Gasteiger partial charge in [0.2, 0.25) is 0 Å². The summed E-state index contributed by atoms with van der Waals surface area (Å²) in [5, 5.41) is 11.1. The predicted octanol–water partition coefficient (Wildman–Crippen LogP) is 5.24. The van der Waals surface area contributed by atoms with E-state index in [9.17, 15) is 14.4 Å². The molecule has 1 aliphatic rings. The zero-order valence-electron chi connectivity index (χ0n) is 22.0. The molecule has 198 valence electrons. The van der Waals surface area contributed by atoms with Crippen molar-refractivity contribution in [3.8, 4) is 0 Å². The maximum Gasteiger partial charge on any atom is 0.410 e. The van der Waals surface area contributed by atoms with Crippen LogP contribution in [0, 0.1) is 6.92 Å². The first kappa shape index (κ1) is 25.3. The molecule has 1 fully saturated rings. The van der Waals surface area contributed by atoms with Gasteiger partial charge in [-0.2, -0.15) is 5.10 Å². The number of carbonyl (C=O) groups is 2. The molecule has 2 aromatic heterocycles. The van der Waals surface area contributed by atoms with Crippen molar-refractivity contribution in [3.63, 3.8) is 0 Å². The fraction of sp³-hybridized carbons (Fsp3) is 0.357. The van der Waals surface area contributed by atoms with Gasteiger partial charge in [-0.15, -0.1) is 0 Å². The number of nitrogens with zero attached hydrogens (tertiary/aromatic N) is 3. The van der Waals surface area contributed by atoms with Crippen molar-refractivity contribution >= 4 is 40.0 Å². The first-order valence-electron chi connectivity index (χ1n) is 12.7. The van der Waals surface area contributed by atoms with Crippen LogP contribution in [0.25, 0.3) is 16.6 Å². The smallest absolute Gasteiger partial charge is 0.410 e. The molecule has 3 heterocycles. The Morgan fingerprint density at radius 2 is 1.76 bits per heavy atom. The van der Waals surface area contributed by atoms with E-state index in [1.54, 1.807) is 21.5 Å². The zero-order valence-corrected chi connectivity index (χ0v) is 22.0. The minimum Gasteiger partial charge on any atom is -0.444 e. The van der Waals surface area contributed by atoms with Gasteiger partial charge < -0.3 is 25.3 Å². The van der Waals surface area contributed by atoms with Crippen LogP contribution in [0.4, 0.5) is 21.0 Å². The van der Waals surface area contributed by atoms with Crippen molar-refractivity contribution in [3.05, 3.63) is 70.1 Å². The Kier molecular flexibility index (Phi) is 6.56. The fourth-order valence-corrected chi connectivity index (χ4v) is 4.79. The first-order valence-corrected chi connectivity index (χ1v) is 12.7. The van der Waals surface area contributed by atoms with Crippen LogP contribution < -0.4 is 16.2 Å². The van der Waals surface area contributed by atoms with Crippen LogP contribution in [0.5, 0.6) is 0 Å². The van der Waals surface area contributed by atoms with E-state index < -0.39 is 11.6 Å². The molecule has 0 saturated carbocycles. The van der Waals surface area contributed by atoms with Crippen LogP contribution in [-0.4, -0.2) is 50.3 Å². The molecule has 38 heavy (non-hydrogen) atoms. The van der Waals surface area contributed by atoms with Crippen LogP contribution in [0.15, 0.2) is 53.3 Å². The highest BCUT2D eigenvalue weighted by Crippen LogP contribution is 2.32. The SMILES string of the molecule is Cc1ccc(NC(=O)Nc2cccc3nn4c(C5CCN(C(=O)OC(C)(C)C)CC5)cc(=O)[nH]c4c23)cc1. The summed E-state index contributed by atoms with van der Waals surface area (Å²) >= 11 is 0. The molecule has 4 aromatic rings. The number of amides is 3. The normalized spacial score (nSPS) is 14.6. The number of urea groups is 1. The van der Waals surface area contributed by atoms with Gasteiger partial charge in [-0.25, -0.2) is 14.1 Å². The summed E-state index contributed by atoms with van der Waals surface area (Å²) < 4.78 is 7.26. The lowest BCUT2D eigenvalue weighted by Crippen LogP contribution is -2.41. The van der Waals surface area contributed by atoms with Crippen LogP contribution >= 0.6 is 0 Å². The third-order valence-electron chi connectivity index (χ3n) is 6.59. The van der Waals surface area contributed by atoms with E-state index in [4.69, 9.17) is 9.84 Å². The third-order valence-corrected chi connectivity index (χ3v) is 6.59. The van der Waals surface area contributed by atoms with Crippen molar-refractivity contribution in [1.29, 1.82) is 0 Å². The van der Waals surface area contributed by atoms with Gasteiger partial charge >= 0.3 is 12.1 Å². The van der Waals surface area contributed by atoms with Gasteiger partial charge in [0.1, 0.15) is 11.2 Å². The number of anilines is 2. The lowest BCUT2D eigenvalue weighted by Gasteiger charge is -2.33. The molecule has 0 atom stereocenters. The van der Waals surface area contributed by atoms with E-state index in [2.05, 4.69) is 15.6 Å². The summed E-state index contributed by atoms with van der Waals surface area (Å²) in [7, 11) is 0. The molecule has 0 bridgehead atoms. The number of aromatic amines is 1. The summed E-state index contributed by atoms with van der Waals surface area (Å²) in [5.74, 6) is 0.0362. The molecule has 0 spiro atoms. The second-order valence-corrected chi connectivity index (χ2v) is 10.7. The number of fused-ring (bicyclic) bond motifs is 3. The number of aryl methyl sites for hydroxylation is 1. The summed E-state index contributed by atoms with van der Waals surface area (Å²) in [6.45, 7) is 8.59. The quantitative estimate of drug-likeness (QED) is 0.344. The lowest BCUT2D eigenvalue weighted by molar-refractivity contribution is 0.0203. The molecular formula is C28H32N6O4. The molecule has 1 saturated heterocycles. The van der Waals surface area contributed by atoms with Crippen LogP contribution in [-0.2, 0) is 4.74 Å². The highest BCUT2D eigenvalue weighted by molar-refractivity contribution is 6.09. The van der Waals surface area contributed by atoms with Gasteiger partial charge in [0, 0.05) is 30.8 Å². The molecule has 1 aliphatic heterocycles. The minimum atomic E-state index is -0.551. The van der Waals surface area contributed by atoms with E-state index in [1.807, 2.05) is 64.1 Å². The number of aromatic nitrogens is 3. The number of carbonyl (C=O) groups excluding carboxylic acids is 2.